The van der Waals surface area contributed by atoms with Crippen molar-refractivity contribution in [1.29, 1.82) is 0 Å². The minimum absolute atomic E-state index is 0.207. The summed E-state index contributed by atoms with van der Waals surface area (Å²) >= 11 is 3.43. The number of carboxylic acid groups (broad SMARTS) is 1. The zero-order valence-corrected chi connectivity index (χ0v) is 21.2. The number of hydrogen-bond donors (Lipinski definition) is 2. The third-order valence-electron chi connectivity index (χ3n) is 4.80. The van der Waals surface area contributed by atoms with Crippen LogP contribution in [-0.2, 0) is 6.61 Å². The molecule has 9 heteroatoms. The van der Waals surface area contributed by atoms with Crippen LogP contribution in [0.25, 0.3) is 0 Å². The van der Waals surface area contributed by atoms with E-state index in [1.807, 2.05) is 13.0 Å². The molecule has 3 aromatic rings. The Kier molecular flexibility index (Phi) is 9.64. The minimum Gasteiger partial charge on any atom is -0.490 e. The summed E-state index contributed by atoms with van der Waals surface area (Å²) in [5.74, 6) is 0.113. The van der Waals surface area contributed by atoms with Crippen LogP contribution in [0.3, 0.4) is 0 Å². The SMILES string of the molecule is C=CCOc1ccc(C(=O)N/N=C/c2cc(Br)ccc2OCc2ccc(C(=O)O)cc2)cc1OCC. The van der Waals surface area contributed by atoms with E-state index >= 15 is 0 Å². The Bertz CT molecular complexity index is 1260. The number of rotatable bonds is 12. The molecule has 8 nitrogen and oxygen atoms in total. The number of nitrogens with zero attached hydrogens (tertiary/aromatic N) is 1. The Hall–Kier alpha value is -4.11. The van der Waals surface area contributed by atoms with E-state index in [0.717, 1.165) is 10.0 Å². The van der Waals surface area contributed by atoms with Crippen molar-refractivity contribution in [2.75, 3.05) is 13.2 Å². The van der Waals surface area contributed by atoms with Gasteiger partial charge >= 0.3 is 5.97 Å². The fraction of sp³-hybridized carbons (Fsp3) is 0.148. The van der Waals surface area contributed by atoms with Crippen molar-refractivity contribution in [1.82, 2.24) is 5.43 Å². The molecule has 0 spiro atoms. The standard InChI is InChI=1S/C27H25BrN2O6/c1-3-13-35-24-11-9-20(15-25(24)34-4-2)26(31)30-29-16-21-14-22(28)10-12-23(21)36-17-18-5-7-19(8-6-18)27(32)33/h3,5-12,14-16H,1,4,13,17H2,2H3,(H,30,31)(H,32,33)/b29-16+. The van der Waals surface area contributed by atoms with Crippen molar-refractivity contribution in [3.63, 3.8) is 0 Å². The Morgan fingerprint density at radius 2 is 1.69 bits per heavy atom. The molecule has 0 bridgehead atoms. The van der Waals surface area contributed by atoms with Crippen molar-refractivity contribution in [3.05, 3.63) is 100 Å². The Balaban J connectivity index is 1.68. The number of benzene rings is 3. The van der Waals surface area contributed by atoms with Crippen LogP contribution in [0.15, 0.2) is 82.9 Å². The van der Waals surface area contributed by atoms with Crippen LogP contribution in [0.1, 0.15) is 38.8 Å². The van der Waals surface area contributed by atoms with E-state index in [9.17, 15) is 9.59 Å². The number of ether oxygens (including phenoxy) is 3. The number of hydrazone groups is 1. The number of carbonyl (C=O) groups excluding carboxylic acids is 1. The van der Waals surface area contributed by atoms with Gasteiger partial charge in [0.2, 0.25) is 0 Å². The molecule has 186 valence electrons. The van der Waals surface area contributed by atoms with E-state index in [4.69, 9.17) is 19.3 Å². The number of hydrogen-bond acceptors (Lipinski definition) is 6. The largest absolute Gasteiger partial charge is 0.490 e. The predicted molar refractivity (Wildman–Crippen MR) is 140 cm³/mol. The number of nitrogens with one attached hydrogen (secondary N) is 1. The third-order valence-corrected chi connectivity index (χ3v) is 5.29. The maximum absolute atomic E-state index is 12.6. The molecule has 0 saturated heterocycles. The van der Waals surface area contributed by atoms with Gasteiger partial charge in [-0.25, -0.2) is 10.2 Å². The summed E-state index contributed by atoms with van der Waals surface area (Å²) in [6.45, 7) is 6.44. The fourth-order valence-corrected chi connectivity index (χ4v) is 3.45. The van der Waals surface area contributed by atoms with Crippen molar-refractivity contribution < 1.29 is 28.9 Å². The van der Waals surface area contributed by atoms with Gasteiger partial charge in [0.25, 0.3) is 5.91 Å². The van der Waals surface area contributed by atoms with E-state index in [1.165, 1.54) is 18.3 Å². The van der Waals surface area contributed by atoms with Crippen molar-refractivity contribution in [2.24, 2.45) is 5.10 Å². The van der Waals surface area contributed by atoms with Gasteiger partial charge in [0, 0.05) is 15.6 Å². The summed E-state index contributed by atoms with van der Waals surface area (Å²) < 4.78 is 17.8. The van der Waals surface area contributed by atoms with Crippen LogP contribution in [0.4, 0.5) is 0 Å². The average molecular weight is 553 g/mol. The second-order valence-corrected chi connectivity index (χ2v) is 8.28. The van der Waals surface area contributed by atoms with Gasteiger partial charge in [-0.3, -0.25) is 4.79 Å². The molecule has 3 rings (SSSR count). The molecule has 3 aromatic carbocycles. The molecule has 0 aliphatic rings. The highest BCUT2D eigenvalue weighted by Crippen LogP contribution is 2.28. The molecule has 0 fully saturated rings. The number of amides is 1. The van der Waals surface area contributed by atoms with E-state index in [-0.39, 0.29) is 12.2 Å². The zero-order chi connectivity index (χ0) is 25.9. The van der Waals surface area contributed by atoms with Gasteiger partial charge in [-0.05, 0) is 61.0 Å². The van der Waals surface area contributed by atoms with E-state index < -0.39 is 11.9 Å². The summed E-state index contributed by atoms with van der Waals surface area (Å²) in [7, 11) is 0. The molecule has 36 heavy (non-hydrogen) atoms. The summed E-state index contributed by atoms with van der Waals surface area (Å²) in [5.41, 5.74) is 4.52. The average Bonchev–Trinajstić information content (AvgIpc) is 2.87. The lowest BCUT2D eigenvalue weighted by Crippen LogP contribution is -2.18. The molecule has 0 aromatic heterocycles. The van der Waals surface area contributed by atoms with Crippen LogP contribution in [0, 0.1) is 0 Å². The Morgan fingerprint density at radius 3 is 2.39 bits per heavy atom. The highest BCUT2D eigenvalue weighted by molar-refractivity contribution is 9.10. The Labute approximate surface area is 217 Å². The number of halogens is 1. The molecular formula is C27H25BrN2O6. The lowest BCUT2D eigenvalue weighted by Gasteiger charge is -2.12. The predicted octanol–water partition coefficient (Wildman–Crippen LogP) is 5.45. The topological polar surface area (TPSA) is 106 Å². The van der Waals surface area contributed by atoms with E-state index in [2.05, 4.69) is 33.0 Å². The number of aromatic carboxylic acids is 1. The minimum atomic E-state index is -0.984. The summed E-state index contributed by atoms with van der Waals surface area (Å²) in [6, 6.07) is 16.7. The highest BCUT2D eigenvalue weighted by Gasteiger charge is 2.12. The third kappa shape index (κ3) is 7.44. The lowest BCUT2D eigenvalue weighted by molar-refractivity contribution is 0.0696. The molecule has 0 saturated carbocycles. The van der Waals surface area contributed by atoms with Gasteiger partial charge in [-0.2, -0.15) is 5.10 Å². The van der Waals surface area contributed by atoms with Gasteiger partial charge < -0.3 is 19.3 Å². The maximum Gasteiger partial charge on any atom is 0.335 e. The summed E-state index contributed by atoms with van der Waals surface area (Å²) in [6.07, 6.45) is 3.11. The molecule has 2 N–H and O–H groups in total. The van der Waals surface area contributed by atoms with Crippen LogP contribution in [0.5, 0.6) is 17.2 Å². The summed E-state index contributed by atoms with van der Waals surface area (Å²) in [4.78, 5) is 23.6. The Morgan fingerprint density at radius 1 is 0.972 bits per heavy atom. The van der Waals surface area contributed by atoms with Crippen LogP contribution in [0.2, 0.25) is 0 Å². The summed E-state index contributed by atoms with van der Waals surface area (Å²) in [5, 5.41) is 13.1. The molecule has 1 amide bonds. The van der Waals surface area contributed by atoms with Gasteiger partial charge in [0.1, 0.15) is 19.0 Å². The molecule has 0 radical (unpaired) electrons. The van der Waals surface area contributed by atoms with Gasteiger partial charge in [-0.15, -0.1) is 0 Å². The highest BCUT2D eigenvalue weighted by atomic mass is 79.9. The van der Waals surface area contributed by atoms with Crippen LogP contribution < -0.4 is 19.6 Å². The first-order valence-electron chi connectivity index (χ1n) is 11.0. The smallest absolute Gasteiger partial charge is 0.335 e. The van der Waals surface area contributed by atoms with Gasteiger partial charge in [-0.1, -0.05) is 40.7 Å². The molecule has 0 unspecified atom stereocenters. The second kappa shape index (κ2) is 13.1. The van der Waals surface area contributed by atoms with E-state index in [0.29, 0.717) is 41.6 Å². The first kappa shape index (κ1) is 26.5. The molecule has 0 aliphatic carbocycles. The number of carboxylic acids is 1. The normalized spacial score (nSPS) is 10.6. The zero-order valence-electron chi connectivity index (χ0n) is 19.6. The van der Waals surface area contributed by atoms with Crippen LogP contribution >= 0.6 is 15.9 Å². The van der Waals surface area contributed by atoms with Crippen molar-refractivity contribution in [3.8, 4) is 17.2 Å². The molecule has 0 atom stereocenters. The molecule has 0 heterocycles. The lowest BCUT2D eigenvalue weighted by atomic mass is 10.1. The first-order chi connectivity index (χ1) is 17.4. The fourth-order valence-electron chi connectivity index (χ4n) is 3.07. The first-order valence-corrected chi connectivity index (χ1v) is 11.8. The molecular weight excluding hydrogens is 528 g/mol. The van der Waals surface area contributed by atoms with Crippen molar-refractivity contribution in [2.45, 2.75) is 13.5 Å². The molecule has 0 aliphatic heterocycles. The second-order valence-electron chi connectivity index (χ2n) is 7.37. The van der Waals surface area contributed by atoms with Crippen molar-refractivity contribution >= 4 is 34.0 Å². The quantitative estimate of drug-likeness (QED) is 0.176. The van der Waals surface area contributed by atoms with Gasteiger partial charge in [0.15, 0.2) is 11.5 Å². The maximum atomic E-state index is 12.6. The number of carbonyl (C=O) groups is 2. The van der Waals surface area contributed by atoms with Gasteiger partial charge in [0.05, 0.1) is 18.4 Å². The monoisotopic (exact) mass is 552 g/mol. The van der Waals surface area contributed by atoms with E-state index in [1.54, 1.807) is 48.5 Å². The van der Waals surface area contributed by atoms with Crippen LogP contribution in [-0.4, -0.2) is 36.4 Å².